The number of nitrogens with one attached hydrogen (secondary N) is 1. The van der Waals surface area contributed by atoms with Gasteiger partial charge in [0.1, 0.15) is 29.5 Å². The van der Waals surface area contributed by atoms with Crippen LogP contribution in [0.5, 0.6) is 5.75 Å². The monoisotopic (exact) mass is 338 g/mol. The smallest absolute Gasteiger partial charge is 0.184 e. The minimum Gasteiger partial charge on any atom is -0.487 e. The molecule has 3 N–H and O–H groups in total. The molecule has 0 saturated carbocycles. The van der Waals surface area contributed by atoms with Gasteiger partial charge in [0.25, 0.3) is 0 Å². The molecule has 0 atom stereocenters. The van der Waals surface area contributed by atoms with Gasteiger partial charge in [0, 0.05) is 6.07 Å². The maximum atomic E-state index is 13.9. The van der Waals surface area contributed by atoms with Crippen molar-refractivity contribution in [3.8, 4) is 5.75 Å². The van der Waals surface area contributed by atoms with Crippen molar-refractivity contribution in [1.29, 1.82) is 0 Å². The summed E-state index contributed by atoms with van der Waals surface area (Å²) in [6.45, 7) is 9.25. The third kappa shape index (κ3) is 4.44. The van der Waals surface area contributed by atoms with Gasteiger partial charge in [-0.25, -0.2) is 13.2 Å². The van der Waals surface area contributed by atoms with Crippen LogP contribution in [-0.2, 0) is 0 Å². The Bertz CT molecular complexity index is 718. The standard InChI is InChI=1S/C16H15F3N2O.C2H6/c1-3-6-22-13-8-11(18)14(19)16(15(13)20)21-12-5-4-9(2)7-10(12)17;1-2/h3-5,7-8,21H,1,6,20H2,2H3;1-2H3. The van der Waals surface area contributed by atoms with Crippen molar-refractivity contribution in [2.24, 2.45) is 0 Å². The SMILES string of the molecule is C=CCOc1cc(F)c(F)c(Nc2ccc(C)cc2F)c1N.CC. The summed E-state index contributed by atoms with van der Waals surface area (Å²) >= 11 is 0. The van der Waals surface area contributed by atoms with E-state index in [1.807, 2.05) is 13.8 Å². The first-order chi connectivity index (χ1) is 11.4. The Morgan fingerprint density at radius 1 is 1.17 bits per heavy atom. The summed E-state index contributed by atoms with van der Waals surface area (Å²) < 4.78 is 46.6. The Labute approximate surface area is 139 Å². The normalized spacial score (nSPS) is 9.75. The van der Waals surface area contributed by atoms with E-state index in [0.29, 0.717) is 5.56 Å². The zero-order valence-electron chi connectivity index (χ0n) is 13.9. The van der Waals surface area contributed by atoms with E-state index in [1.165, 1.54) is 18.2 Å². The number of hydrogen-bond acceptors (Lipinski definition) is 3. The molecule has 2 rings (SSSR count). The predicted molar refractivity (Wildman–Crippen MR) is 92.2 cm³/mol. The van der Waals surface area contributed by atoms with E-state index in [1.54, 1.807) is 13.0 Å². The average molecular weight is 338 g/mol. The van der Waals surface area contributed by atoms with Crippen LogP contribution >= 0.6 is 0 Å². The number of halogens is 3. The molecule has 0 saturated heterocycles. The van der Waals surface area contributed by atoms with Gasteiger partial charge < -0.3 is 15.8 Å². The number of hydrogen-bond donors (Lipinski definition) is 2. The summed E-state index contributed by atoms with van der Waals surface area (Å²) in [5.74, 6) is -3.00. The first-order valence-corrected chi connectivity index (χ1v) is 7.48. The Morgan fingerprint density at radius 2 is 1.83 bits per heavy atom. The second-order valence-corrected chi connectivity index (χ2v) is 4.67. The number of anilines is 3. The van der Waals surface area contributed by atoms with Crippen molar-refractivity contribution in [2.75, 3.05) is 17.7 Å². The van der Waals surface area contributed by atoms with Crippen molar-refractivity contribution in [3.05, 3.63) is 59.9 Å². The fraction of sp³-hybridized carbons (Fsp3) is 0.222. The quantitative estimate of drug-likeness (QED) is 0.572. The Hall–Kier alpha value is -2.63. The maximum absolute atomic E-state index is 13.9. The molecule has 130 valence electrons. The van der Waals surface area contributed by atoms with Gasteiger partial charge >= 0.3 is 0 Å². The third-order valence-electron chi connectivity index (χ3n) is 2.96. The zero-order valence-corrected chi connectivity index (χ0v) is 13.9. The van der Waals surface area contributed by atoms with Crippen LogP contribution in [0.15, 0.2) is 36.9 Å². The van der Waals surface area contributed by atoms with Crippen molar-refractivity contribution in [2.45, 2.75) is 20.8 Å². The first-order valence-electron chi connectivity index (χ1n) is 7.48. The topological polar surface area (TPSA) is 47.3 Å². The average Bonchev–Trinajstić information content (AvgIpc) is 2.57. The molecule has 0 amide bonds. The van der Waals surface area contributed by atoms with Gasteiger partial charge in [-0.3, -0.25) is 0 Å². The van der Waals surface area contributed by atoms with Gasteiger partial charge in [0.2, 0.25) is 0 Å². The highest BCUT2D eigenvalue weighted by Gasteiger charge is 2.18. The van der Waals surface area contributed by atoms with Crippen molar-refractivity contribution in [1.82, 2.24) is 0 Å². The highest BCUT2D eigenvalue weighted by molar-refractivity contribution is 5.78. The summed E-state index contributed by atoms with van der Waals surface area (Å²) in [5, 5.41) is 2.47. The lowest BCUT2D eigenvalue weighted by molar-refractivity contribution is 0.361. The molecular formula is C18H21F3N2O. The molecule has 0 aliphatic heterocycles. The highest BCUT2D eigenvalue weighted by Crippen LogP contribution is 2.36. The summed E-state index contributed by atoms with van der Waals surface area (Å²) in [7, 11) is 0. The van der Waals surface area contributed by atoms with Crippen LogP contribution in [0.4, 0.5) is 30.2 Å². The summed E-state index contributed by atoms with van der Waals surface area (Å²) in [4.78, 5) is 0. The molecule has 0 fully saturated rings. The van der Waals surface area contributed by atoms with Crippen LogP contribution in [0.2, 0.25) is 0 Å². The predicted octanol–water partition coefficient (Wildman–Crippen LogP) is 5.33. The Morgan fingerprint density at radius 3 is 2.42 bits per heavy atom. The Kier molecular flexibility index (Phi) is 7.17. The van der Waals surface area contributed by atoms with E-state index < -0.39 is 17.5 Å². The fourth-order valence-corrected chi connectivity index (χ4v) is 1.86. The van der Waals surface area contributed by atoms with E-state index >= 15 is 0 Å². The number of nitrogens with two attached hydrogens (primary N) is 1. The van der Waals surface area contributed by atoms with Gasteiger partial charge in [-0.15, -0.1) is 0 Å². The first kappa shape index (κ1) is 19.4. The summed E-state index contributed by atoms with van der Waals surface area (Å²) in [6.07, 6.45) is 1.44. The van der Waals surface area contributed by atoms with E-state index in [2.05, 4.69) is 11.9 Å². The molecule has 0 bridgehead atoms. The summed E-state index contributed by atoms with van der Waals surface area (Å²) in [6, 6.07) is 5.16. The number of rotatable bonds is 5. The van der Waals surface area contributed by atoms with Crippen LogP contribution in [0.1, 0.15) is 19.4 Å². The maximum Gasteiger partial charge on any atom is 0.184 e. The second kappa shape index (κ2) is 8.86. The van der Waals surface area contributed by atoms with E-state index in [0.717, 1.165) is 6.07 Å². The molecule has 0 aromatic heterocycles. The molecule has 3 nitrogen and oxygen atoms in total. The highest BCUT2D eigenvalue weighted by atomic mass is 19.2. The van der Waals surface area contributed by atoms with Crippen LogP contribution in [0.25, 0.3) is 0 Å². The van der Waals surface area contributed by atoms with Crippen LogP contribution in [0.3, 0.4) is 0 Å². The number of nitrogen functional groups attached to an aromatic ring is 1. The van der Waals surface area contributed by atoms with Gasteiger partial charge in [0.15, 0.2) is 11.6 Å². The van der Waals surface area contributed by atoms with Crippen molar-refractivity contribution in [3.63, 3.8) is 0 Å². The van der Waals surface area contributed by atoms with Gasteiger partial charge in [0.05, 0.1) is 5.69 Å². The largest absolute Gasteiger partial charge is 0.487 e. The van der Waals surface area contributed by atoms with E-state index in [4.69, 9.17) is 10.5 Å². The van der Waals surface area contributed by atoms with Crippen LogP contribution in [0, 0.1) is 24.4 Å². The van der Waals surface area contributed by atoms with Crippen molar-refractivity contribution >= 4 is 17.1 Å². The van der Waals surface area contributed by atoms with Crippen LogP contribution < -0.4 is 15.8 Å². The molecular weight excluding hydrogens is 317 g/mol. The molecule has 6 heteroatoms. The molecule has 24 heavy (non-hydrogen) atoms. The Balaban J connectivity index is 0.00000139. The van der Waals surface area contributed by atoms with Gasteiger partial charge in [-0.2, -0.15) is 0 Å². The molecule has 0 heterocycles. The van der Waals surface area contributed by atoms with Gasteiger partial charge in [-0.05, 0) is 24.6 Å². The van der Waals surface area contributed by atoms with Crippen LogP contribution in [-0.4, -0.2) is 6.61 Å². The van der Waals surface area contributed by atoms with Crippen molar-refractivity contribution < 1.29 is 17.9 Å². The number of benzene rings is 2. The lowest BCUT2D eigenvalue weighted by Gasteiger charge is -2.15. The van der Waals surface area contributed by atoms with E-state index in [-0.39, 0.29) is 29.4 Å². The zero-order chi connectivity index (χ0) is 18.3. The number of aryl methyl sites for hydroxylation is 1. The minimum atomic E-state index is -1.21. The third-order valence-corrected chi connectivity index (χ3v) is 2.96. The molecule has 2 aromatic carbocycles. The fourth-order valence-electron chi connectivity index (χ4n) is 1.86. The molecule has 0 spiro atoms. The van der Waals surface area contributed by atoms with E-state index in [9.17, 15) is 13.2 Å². The molecule has 0 aliphatic carbocycles. The molecule has 0 unspecified atom stereocenters. The lowest BCUT2D eigenvalue weighted by Crippen LogP contribution is -2.06. The molecule has 2 aromatic rings. The summed E-state index contributed by atoms with van der Waals surface area (Å²) in [5.41, 5.74) is 5.93. The van der Waals surface area contributed by atoms with Gasteiger partial charge in [-0.1, -0.05) is 32.6 Å². The molecule has 0 radical (unpaired) electrons. The second-order valence-electron chi connectivity index (χ2n) is 4.67. The lowest BCUT2D eigenvalue weighted by atomic mass is 10.2. The molecule has 0 aliphatic rings. The number of ether oxygens (including phenoxy) is 1. The minimum absolute atomic E-state index is 0.0172.